The van der Waals surface area contributed by atoms with Gasteiger partial charge in [0.05, 0.1) is 12.6 Å². The molecule has 0 radical (unpaired) electrons. The Balaban J connectivity index is 1.93. The van der Waals surface area contributed by atoms with Crippen molar-refractivity contribution in [1.29, 1.82) is 0 Å². The molecule has 122 valence electrons. The van der Waals surface area contributed by atoms with Gasteiger partial charge in [0.15, 0.2) is 0 Å². The number of rotatable bonds is 4. The number of likely N-dealkylation sites (tertiary alicyclic amines) is 2. The molecule has 2 heterocycles. The van der Waals surface area contributed by atoms with E-state index >= 15 is 0 Å². The molecule has 1 amide bonds. The molecule has 0 spiro atoms. The zero-order valence-corrected chi connectivity index (χ0v) is 13.9. The van der Waals surface area contributed by atoms with E-state index in [2.05, 4.69) is 18.7 Å². The molecule has 4 heteroatoms. The summed E-state index contributed by atoms with van der Waals surface area (Å²) in [7, 11) is 0. The molecule has 0 aromatic rings. The molecule has 0 aromatic heterocycles. The van der Waals surface area contributed by atoms with Crippen LogP contribution in [0.15, 0.2) is 0 Å². The molecule has 4 unspecified atom stereocenters. The monoisotopic (exact) mass is 296 g/mol. The number of carbonyl (C=O) groups is 1. The van der Waals surface area contributed by atoms with E-state index in [9.17, 15) is 9.90 Å². The highest BCUT2D eigenvalue weighted by atomic mass is 16.3. The van der Waals surface area contributed by atoms with Crippen LogP contribution in [0.1, 0.15) is 52.9 Å². The third-order valence-corrected chi connectivity index (χ3v) is 5.09. The quantitative estimate of drug-likeness (QED) is 0.864. The summed E-state index contributed by atoms with van der Waals surface area (Å²) in [6.45, 7) is 9.73. The molecule has 4 atom stereocenters. The SMILES string of the molecule is CCC(O)C1CCCCN1CC(=O)N1CC(C)CC(C)C1. The fraction of sp³-hybridized carbons (Fsp3) is 0.941. The van der Waals surface area contributed by atoms with Crippen LogP contribution in [0.25, 0.3) is 0 Å². The fourth-order valence-electron chi connectivity index (χ4n) is 4.06. The van der Waals surface area contributed by atoms with Crippen molar-refractivity contribution in [2.75, 3.05) is 26.2 Å². The zero-order chi connectivity index (χ0) is 15.4. The van der Waals surface area contributed by atoms with Crippen molar-refractivity contribution in [3.63, 3.8) is 0 Å². The van der Waals surface area contributed by atoms with Crippen molar-refractivity contribution in [3.8, 4) is 0 Å². The number of aliphatic hydroxyl groups excluding tert-OH is 1. The molecule has 2 saturated heterocycles. The van der Waals surface area contributed by atoms with Crippen molar-refractivity contribution < 1.29 is 9.90 Å². The Morgan fingerprint density at radius 2 is 1.90 bits per heavy atom. The van der Waals surface area contributed by atoms with E-state index in [4.69, 9.17) is 0 Å². The van der Waals surface area contributed by atoms with E-state index in [1.807, 2.05) is 11.8 Å². The Bertz CT molecular complexity index is 338. The summed E-state index contributed by atoms with van der Waals surface area (Å²) in [5.74, 6) is 1.47. The normalized spacial score (nSPS) is 33.0. The van der Waals surface area contributed by atoms with Crippen LogP contribution in [-0.2, 0) is 4.79 Å². The van der Waals surface area contributed by atoms with Crippen molar-refractivity contribution in [3.05, 3.63) is 0 Å². The first kappa shape index (κ1) is 16.8. The maximum absolute atomic E-state index is 12.6. The summed E-state index contributed by atoms with van der Waals surface area (Å²) in [4.78, 5) is 16.9. The lowest BCUT2D eigenvalue weighted by atomic mass is 9.91. The Hall–Kier alpha value is -0.610. The van der Waals surface area contributed by atoms with Crippen LogP contribution < -0.4 is 0 Å². The van der Waals surface area contributed by atoms with Crippen molar-refractivity contribution >= 4 is 5.91 Å². The largest absolute Gasteiger partial charge is 0.392 e. The molecule has 0 saturated carbocycles. The highest BCUT2D eigenvalue weighted by Gasteiger charge is 2.32. The molecule has 2 aliphatic rings. The molecule has 2 fully saturated rings. The lowest BCUT2D eigenvalue weighted by Gasteiger charge is -2.40. The Morgan fingerprint density at radius 3 is 2.52 bits per heavy atom. The fourth-order valence-corrected chi connectivity index (χ4v) is 4.06. The first-order valence-electron chi connectivity index (χ1n) is 8.71. The highest BCUT2D eigenvalue weighted by Crippen LogP contribution is 2.24. The van der Waals surface area contributed by atoms with Gasteiger partial charge in [0.1, 0.15) is 0 Å². The number of carbonyl (C=O) groups excluding carboxylic acids is 1. The minimum absolute atomic E-state index is 0.173. The van der Waals surface area contributed by atoms with Gasteiger partial charge in [-0.25, -0.2) is 0 Å². The van der Waals surface area contributed by atoms with E-state index in [0.29, 0.717) is 18.4 Å². The van der Waals surface area contributed by atoms with E-state index in [1.54, 1.807) is 0 Å². The minimum atomic E-state index is -0.294. The van der Waals surface area contributed by atoms with Gasteiger partial charge in [-0.05, 0) is 44.1 Å². The average molecular weight is 296 g/mol. The first-order valence-corrected chi connectivity index (χ1v) is 8.71. The van der Waals surface area contributed by atoms with Gasteiger partial charge in [0.2, 0.25) is 5.91 Å². The lowest BCUT2D eigenvalue weighted by molar-refractivity contribution is -0.136. The second-order valence-corrected chi connectivity index (χ2v) is 7.25. The second-order valence-electron chi connectivity index (χ2n) is 7.25. The summed E-state index contributed by atoms with van der Waals surface area (Å²) in [5.41, 5.74) is 0. The molecule has 2 rings (SSSR count). The molecule has 0 bridgehead atoms. The third-order valence-electron chi connectivity index (χ3n) is 5.09. The molecule has 0 aromatic carbocycles. The summed E-state index contributed by atoms with van der Waals surface area (Å²) in [5, 5.41) is 10.2. The Morgan fingerprint density at radius 1 is 1.24 bits per heavy atom. The van der Waals surface area contributed by atoms with Crippen LogP contribution in [0.5, 0.6) is 0 Å². The van der Waals surface area contributed by atoms with E-state index in [1.165, 1.54) is 12.8 Å². The molecular formula is C17H32N2O2. The van der Waals surface area contributed by atoms with Crippen LogP contribution >= 0.6 is 0 Å². The smallest absolute Gasteiger partial charge is 0.236 e. The van der Waals surface area contributed by atoms with Crippen LogP contribution in [0.3, 0.4) is 0 Å². The van der Waals surface area contributed by atoms with Gasteiger partial charge in [-0.15, -0.1) is 0 Å². The number of piperidine rings is 2. The van der Waals surface area contributed by atoms with E-state index in [-0.39, 0.29) is 18.1 Å². The molecule has 0 aliphatic carbocycles. The summed E-state index contributed by atoms with van der Waals surface area (Å²) in [6.07, 6.45) is 5.04. The van der Waals surface area contributed by atoms with Crippen LogP contribution in [-0.4, -0.2) is 59.1 Å². The van der Waals surface area contributed by atoms with Gasteiger partial charge in [-0.1, -0.05) is 27.2 Å². The predicted molar refractivity (Wildman–Crippen MR) is 85.0 cm³/mol. The summed E-state index contributed by atoms with van der Waals surface area (Å²) >= 11 is 0. The number of hydrogen-bond donors (Lipinski definition) is 1. The number of nitrogens with zero attached hydrogens (tertiary/aromatic N) is 2. The Labute approximate surface area is 129 Å². The summed E-state index contributed by atoms with van der Waals surface area (Å²) in [6, 6.07) is 0.173. The molecule has 2 aliphatic heterocycles. The van der Waals surface area contributed by atoms with Crippen LogP contribution in [0.2, 0.25) is 0 Å². The lowest BCUT2D eigenvalue weighted by Crippen LogP contribution is -2.52. The second kappa shape index (κ2) is 7.59. The number of hydrogen-bond acceptors (Lipinski definition) is 3. The highest BCUT2D eigenvalue weighted by molar-refractivity contribution is 5.78. The van der Waals surface area contributed by atoms with Gasteiger partial charge in [0.25, 0.3) is 0 Å². The van der Waals surface area contributed by atoms with Gasteiger partial charge < -0.3 is 10.0 Å². The van der Waals surface area contributed by atoms with Crippen molar-refractivity contribution in [2.45, 2.75) is 65.0 Å². The number of aliphatic hydroxyl groups is 1. The van der Waals surface area contributed by atoms with E-state index in [0.717, 1.165) is 38.9 Å². The predicted octanol–water partition coefficient (Wildman–Crippen LogP) is 2.12. The minimum Gasteiger partial charge on any atom is -0.392 e. The molecular weight excluding hydrogens is 264 g/mol. The standard InChI is InChI=1S/C17H32N2O2/c1-4-16(20)15-7-5-6-8-18(15)12-17(21)19-10-13(2)9-14(3)11-19/h13-16,20H,4-12H2,1-3H3. The average Bonchev–Trinajstić information content (AvgIpc) is 2.46. The van der Waals surface area contributed by atoms with Crippen LogP contribution in [0, 0.1) is 11.8 Å². The topological polar surface area (TPSA) is 43.8 Å². The Kier molecular flexibility index (Phi) is 6.06. The maximum Gasteiger partial charge on any atom is 0.236 e. The zero-order valence-electron chi connectivity index (χ0n) is 13.9. The van der Waals surface area contributed by atoms with Gasteiger partial charge >= 0.3 is 0 Å². The van der Waals surface area contributed by atoms with Crippen molar-refractivity contribution in [2.24, 2.45) is 11.8 Å². The van der Waals surface area contributed by atoms with Gasteiger partial charge in [-0.3, -0.25) is 9.69 Å². The maximum atomic E-state index is 12.6. The van der Waals surface area contributed by atoms with E-state index < -0.39 is 0 Å². The molecule has 21 heavy (non-hydrogen) atoms. The first-order chi connectivity index (χ1) is 10.0. The molecule has 1 N–H and O–H groups in total. The summed E-state index contributed by atoms with van der Waals surface area (Å²) < 4.78 is 0. The van der Waals surface area contributed by atoms with Gasteiger partial charge in [0, 0.05) is 19.1 Å². The van der Waals surface area contributed by atoms with Gasteiger partial charge in [-0.2, -0.15) is 0 Å². The third kappa shape index (κ3) is 4.43. The number of amides is 1. The van der Waals surface area contributed by atoms with Crippen molar-refractivity contribution in [1.82, 2.24) is 9.80 Å². The van der Waals surface area contributed by atoms with Crippen LogP contribution in [0.4, 0.5) is 0 Å². The molecule has 4 nitrogen and oxygen atoms in total.